The van der Waals surface area contributed by atoms with Gasteiger partial charge in [0.25, 0.3) is 0 Å². The van der Waals surface area contributed by atoms with Crippen molar-refractivity contribution in [3.8, 4) is 0 Å². The normalized spacial score (nSPS) is 20.5. The van der Waals surface area contributed by atoms with Crippen molar-refractivity contribution in [3.05, 3.63) is 16.6 Å². The lowest BCUT2D eigenvalue weighted by molar-refractivity contribution is -0.161. The van der Waals surface area contributed by atoms with Crippen LogP contribution >= 0.6 is 11.3 Å². The first kappa shape index (κ1) is 15.3. The number of esters is 1. The molecule has 1 aromatic rings. The molecule has 3 rings (SSSR count). The van der Waals surface area contributed by atoms with Crippen LogP contribution in [0.15, 0.2) is 10.9 Å². The topological polar surface area (TPSA) is 68.7 Å². The molecular weight excluding hydrogens is 304 g/mol. The number of carbonyl (C=O) groups is 2. The van der Waals surface area contributed by atoms with Crippen LogP contribution in [-0.2, 0) is 20.9 Å². The largest absolute Gasteiger partial charge is 0.463 e. The zero-order chi connectivity index (χ0) is 15.6. The van der Waals surface area contributed by atoms with Crippen molar-refractivity contribution < 1.29 is 19.1 Å². The van der Waals surface area contributed by atoms with E-state index in [9.17, 15) is 9.59 Å². The number of aromatic nitrogens is 1. The highest BCUT2D eigenvalue weighted by Crippen LogP contribution is 2.50. The summed E-state index contributed by atoms with van der Waals surface area (Å²) in [5.41, 5.74) is 2.77. The number of hydrogen-bond donors (Lipinski definition) is 0. The smallest absolute Gasteiger partial charge is 0.410 e. The third kappa shape index (κ3) is 3.40. The third-order valence-electron chi connectivity index (χ3n) is 4.56. The molecule has 7 heteroatoms. The minimum Gasteiger partial charge on any atom is -0.463 e. The number of hydrogen-bond acceptors (Lipinski definition) is 6. The Hall–Kier alpha value is -1.63. The van der Waals surface area contributed by atoms with Gasteiger partial charge in [-0.05, 0) is 31.1 Å². The fourth-order valence-electron chi connectivity index (χ4n) is 3.33. The molecule has 1 saturated heterocycles. The zero-order valence-electron chi connectivity index (χ0n) is 12.6. The van der Waals surface area contributed by atoms with Crippen molar-refractivity contribution in [2.24, 2.45) is 5.41 Å². The second kappa shape index (κ2) is 6.24. The number of thiazole rings is 1. The predicted octanol–water partition coefficient (Wildman–Crippen LogP) is 2.59. The van der Waals surface area contributed by atoms with Crippen LogP contribution in [-0.4, -0.2) is 41.1 Å². The number of rotatable bonds is 3. The van der Waals surface area contributed by atoms with Gasteiger partial charge in [0.05, 0.1) is 11.2 Å². The molecule has 0 N–H and O–H groups in total. The van der Waals surface area contributed by atoms with E-state index in [4.69, 9.17) is 9.47 Å². The molecular formula is C15H20N2O4S. The Balaban J connectivity index is 1.40. The van der Waals surface area contributed by atoms with Crippen LogP contribution in [0.5, 0.6) is 0 Å². The summed E-state index contributed by atoms with van der Waals surface area (Å²) in [6.45, 7) is 3.11. The molecule has 0 aromatic carbocycles. The Morgan fingerprint density at radius 1 is 1.41 bits per heavy atom. The van der Waals surface area contributed by atoms with Crippen LogP contribution in [0.1, 0.15) is 38.3 Å². The highest BCUT2D eigenvalue weighted by Gasteiger charge is 2.48. The van der Waals surface area contributed by atoms with Crippen molar-refractivity contribution in [2.75, 3.05) is 13.1 Å². The summed E-state index contributed by atoms with van der Waals surface area (Å²) in [6, 6.07) is 0. The van der Waals surface area contributed by atoms with Crippen LogP contribution in [0.2, 0.25) is 0 Å². The van der Waals surface area contributed by atoms with E-state index < -0.39 is 0 Å². The van der Waals surface area contributed by atoms with Gasteiger partial charge in [0, 0.05) is 25.4 Å². The van der Waals surface area contributed by atoms with E-state index in [0.29, 0.717) is 13.1 Å². The lowest BCUT2D eigenvalue weighted by atomic mass is 9.61. The maximum Gasteiger partial charge on any atom is 0.410 e. The molecule has 0 bridgehead atoms. The SMILES string of the molecule is CC(=O)OC1CC2(CCN(C(=O)OCc3cscn3)CC2)C1. The summed E-state index contributed by atoms with van der Waals surface area (Å²) in [4.78, 5) is 28.8. The Morgan fingerprint density at radius 2 is 2.14 bits per heavy atom. The van der Waals surface area contributed by atoms with Crippen molar-refractivity contribution in [2.45, 2.75) is 45.3 Å². The van der Waals surface area contributed by atoms with Crippen LogP contribution < -0.4 is 0 Å². The van der Waals surface area contributed by atoms with Crippen molar-refractivity contribution in [3.63, 3.8) is 0 Å². The Morgan fingerprint density at radius 3 is 2.73 bits per heavy atom. The van der Waals surface area contributed by atoms with E-state index in [1.165, 1.54) is 18.3 Å². The molecule has 1 aliphatic carbocycles. The number of ether oxygens (including phenoxy) is 2. The standard InChI is InChI=1S/C15H20N2O4S/c1-11(18)21-13-6-15(7-13)2-4-17(5-3-15)14(19)20-8-12-9-22-10-16-12/h9-10,13H,2-8H2,1H3. The third-order valence-corrected chi connectivity index (χ3v) is 5.20. The van der Waals surface area contributed by atoms with Gasteiger partial charge in [0.15, 0.2) is 0 Å². The molecule has 2 fully saturated rings. The monoisotopic (exact) mass is 324 g/mol. The minimum absolute atomic E-state index is 0.0701. The molecule has 0 atom stereocenters. The first-order valence-corrected chi connectivity index (χ1v) is 8.47. The van der Waals surface area contributed by atoms with E-state index in [0.717, 1.165) is 31.4 Å². The van der Waals surface area contributed by atoms with Gasteiger partial charge in [0.2, 0.25) is 0 Å². The van der Waals surface area contributed by atoms with Gasteiger partial charge in [-0.2, -0.15) is 0 Å². The Labute approximate surface area is 133 Å². The van der Waals surface area contributed by atoms with Gasteiger partial charge < -0.3 is 14.4 Å². The summed E-state index contributed by atoms with van der Waals surface area (Å²) in [5.74, 6) is -0.206. The molecule has 1 amide bonds. The van der Waals surface area contributed by atoms with Crippen LogP contribution in [0.25, 0.3) is 0 Å². The van der Waals surface area contributed by atoms with Gasteiger partial charge in [0.1, 0.15) is 12.7 Å². The number of amides is 1. The maximum absolute atomic E-state index is 12.0. The Kier molecular flexibility index (Phi) is 4.33. The fourth-order valence-corrected chi connectivity index (χ4v) is 3.87. The predicted molar refractivity (Wildman–Crippen MR) is 80.3 cm³/mol. The van der Waals surface area contributed by atoms with E-state index >= 15 is 0 Å². The molecule has 1 spiro atoms. The van der Waals surface area contributed by atoms with Gasteiger partial charge in [-0.25, -0.2) is 9.78 Å². The number of likely N-dealkylation sites (tertiary alicyclic amines) is 1. The van der Waals surface area contributed by atoms with E-state index in [1.807, 2.05) is 5.38 Å². The number of piperidine rings is 1. The second-order valence-electron chi connectivity index (χ2n) is 6.16. The second-order valence-corrected chi connectivity index (χ2v) is 6.88. The average molecular weight is 324 g/mol. The van der Waals surface area contributed by atoms with Gasteiger partial charge in [-0.3, -0.25) is 4.79 Å². The average Bonchev–Trinajstić information content (AvgIpc) is 2.96. The zero-order valence-corrected chi connectivity index (χ0v) is 13.4. The van der Waals surface area contributed by atoms with E-state index in [2.05, 4.69) is 4.98 Å². The van der Waals surface area contributed by atoms with Gasteiger partial charge in [-0.1, -0.05) is 0 Å². The number of carbonyl (C=O) groups excluding carboxylic acids is 2. The molecule has 1 aliphatic heterocycles. The lowest BCUT2D eigenvalue weighted by Crippen LogP contribution is -2.51. The van der Waals surface area contributed by atoms with Crippen LogP contribution in [0.4, 0.5) is 4.79 Å². The Bertz CT molecular complexity index is 530. The van der Waals surface area contributed by atoms with Crippen molar-refractivity contribution in [1.29, 1.82) is 0 Å². The molecule has 2 aliphatic rings. The first-order chi connectivity index (χ1) is 10.6. The molecule has 120 valence electrons. The molecule has 1 saturated carbocycles. The first-order valence-electron chi connectivity index (χ1n) is 7.52. The van der Waals surface area contributed by atoms with E-state index in [1.54, 1.807) is 10.4 Å². The molecule has 22 heavy (non-hydrogen) atoms. The number of nitrogens with zero attached hydrogens (tertiary/aromatic N) is 2. The summed E-state index contributed by atoms with van der Waals surface area (Å²) in [7, 11) is 0. The fraction of sp³-hybridized carbons (Fsp3) is 0.667. The van der Waals surface area contributed by atoms with Crippen LogP contribution in [0, 0.1) is 5.41 Å². The molecule has 1 aromatic heterocycles. The van der Waals surface area contributed by atoms with Gasteiger partial charge >= 0.3 is 12.1 Å². The summed E-state index contributed by atoms with van der Waals surface area (Å²) < 4.78 is 10.5. The molecule has 0 unspecified atom stereocenters. The van der Waals surface area contributed by atoms with Gasteiger partial charge in [-0.15, -0.1) is 11.3 Å². The highest BCUT2D eigenvalue weighted by molar-refractivity contribution is 7.07. The van der Waals surface area contributed by atoms with Crippen LogP contribution in [0.3, 0.4) is 0 Å². The quantitative estimate of drug-likeness (QED) is 0.799. The van der Waals surface area contributed by atoms with Crippen molar-refractivity contribution >= 4 is 23.4 Å². The molecule has 0 radical (unpaired) electrons. The van der Waals surface area contributed by atoms with E-state index in [-0.39, 0.29) is 30.2 Å². The molecule has 6 nitrogen and oxygen atoms in total. The summed E-state index contributed by atoms with van der Waals surface area (Å²) in [6.07, 6.45) is 3.56. The summed E-state index contributed by atoms with van der Waals surface area (Å²) >= 11 is 1.49. The highest BCUT2D eigenvalue weighted by atomic mass is 32.1. The minimum atomic E-state index is -0.265. The summed E-state index contributed by atoms with van der Waals surface area (Å²) in [5, 5.41) is 1.88. The molecule has 2 heterocycles. The maximum atomic E-state index is 12.0. The lowest BCUT2D eigenvalue weighted by Gasteiger charge is -2.51. The van der Waals surface area contributed by atoms with Crippen molar-refractivity contribution in [1.82, 2.24) is 9.88 Å².